The number of nitrogens with two attached hydrogens (primary N) is 1. The number of hydrogen-bond acceptors (Lipinski definition) is 4. The Labute approximate surface area is 139 Å². The summed E-state index contributed by atoms with van der Waals surface area (Å²) in [5, 5.41) is 3.53. The van der Waals surface area contributed by atoms with Crippen molar-refractivity contribution in [1.82, 2.24) is 9.78 Å². The van der Waals surface area contributed by atoms with Gasteiger partial charge in [-0.2, -0.15) is 23.0 Å². The van der Waals surface area contributed by atoms with Crippen LogP contribution in [-0.4, -0.2) is 29.3 Å². The van der Waals surface area contributed by atoms with Crippen LogP contribution >= 0.6 is 11.6 Å². The molecule has 1 amide bonds. The number of benzene rings is 1. The lowest BCUT2D eigenvalue weighted by Crippen LogP contribution is -2.33. The van der Waals surface area contributed by atoms with E-state index in [2.05, 4.69) is 5.10 Å². The van der Waals surface area contributed by atoms with Crippen molar-refractivity contribution in [3.63, 3.8) is 0 Å². The van der Waals surface area contributed by atoms with Crippen LogP contribution in [0.5, 0.6) is 0 Å². The van der Waals surface area contributed by atoms with Gasteiger partial charge < -0.3 is 10.6 Å². The highest BCUT2D eigenvalue weighted by Gasteiger charge is 2.30. The zero-order valence-electron chi connectivity index (χ0n) is 12.3. The molecule has 0 aliphatic heterocycles. The lowest BCUT2D eigenvalue weighted by atomic mass is 10.2. The van der Waals surface area contributed by atoms with Crippen molar-refractivity contribution in [2.45, 2.75) is 6.18 Å². The Hall–Kier alpha value is -2.55. The maximum atomic E-state index is 12.8. The molecule has 0 radical (unpaired) electrons. The van der Waals surface area contributed by atoms with E-state index in [1.165, 1.54) is 24.2 Å². The molecule has 0 fully saturated rings. The zero-order valence-corrected chi connectivity index (χ0v) is 13.1. The predicted octanol–water partition coefficient (Wildman–Crippen LogP) is 1.83. The molecular weight excluding hydrogens is 349 g/mol. The van der Waals surface area contributed by atoms with E-state index in [9.17, 15) is 22.8 Å². The van der Waals surface area contributed by atoms with Gasteiger partial charge in [-0.1, -0.05) is 17.7 Å². The molecule has 1 aromatic carbocycles. The van der Waals surface area contributed by atoms with Gasteiger partial charge in [-0.3, -0.25) is 9.59 Å². The molecule has 6 nitrogen and oxygen atoms in total. The number of anilines is 1. The number of nitrogens with zero attached hydrogens (tertiary/aromatic N) is 3. The van der Waals surface area contributed by atoms with Crippen LogP contribution in [0.1, 0.15) is 5.56 Å². The number of aromatic nitrogens is 2. The maximum Gasteiger partial charge on any atom is 0.416 e. The van der Waals surface area contributed by atoms with E-state index < -0.39 is 23.2 Å². The van der Waals surface area contributed by atoms with Crippen molar-refractivity contribution in [2.24, 2.45) is 5.73 Å². The number of alkyl halides is 3. The number of primary amides is 1. The summed E-state index contributed by atoms with van der Waals surface area (Å²) in [5.41, 5.74) is 3.39. The van der Waals surface area contributed by atoms with Gasteiger partial charge in [0.15, 0.2) is 0 Å². The lowest BCUT2D eigenvalue weighted by molar-refractivity contribution is -0.137. The van der Waals surface area contributed by atoms with Crippen LogP contribution in [0.25, 0.3) is 5.69 Å². The summed E-state index contributed by atoms with van der Waals surface area (Å²) >= 11 is 5.97. The van der Waals surface area contributed by atoms with E-state index in [0.717, 1.165) is 22.9 Å². The van der Waals surface area contributed by atoms with Crippen molar-refractivity contribution in [1.29, 1.82) is 0 Å². The molecule has 1 heterocycles. The summed E-state index contributed by atoms with van der Waals surface area (Å²) in [6.45, 7) is -0.200. The monoisotopic (exact) mass is 360 g/mol. The van der Waals surface area contributed by atoms with Gasteiger partial charge in [0, 0.05) is 7.05 Å². The highest BCUT2D eigenvalue weighted by Crippen LogP contribution is 2.30. The van der Waals surface area contributed by atoms with Crippen molar-refractivity contribution >= 4 is 23.2 Å². The highest BCUT2D eigenvalue weighted by atomic mass is 35.5. The van der Waals surface area contributed by atoms with Crippen molar-refractivity contribution in [2.75, 3.05) is 18.5 Å². The van der Waals surface area contributed by atoms with Crippen molar-refractivity contribution in [3.8, 4) is 5.69 Å². The largest absolute Gasteiger partial charge is 0.416 e. The summed E-state index contributed by atoms with van der Waals surface area (Å²) in [6, 6.07) is 4.13. The fraction of sp³-hybridized carbons (Fsp3) is 0.214. The molecule has 2 aromatic rings. The summed E-state index contributed by atoms with van der Waals surface area (Å²) < 4.78 is 39.1. The van der Waals surface area contributed by atoms with Gasteiger partial charge in [0.1, 0.15) is 5.02 Å². The lowest BCUT2D eigenvalue weighted by Gasteiger charge is -2.18. The molecule has 24 heavy (non-hydrogen) atoms. The van der Waals surface area contributed by atoms with Crippen LogP contribution in [0.3, 0.4) is 0 Å². The average Bonchev–Trinajstić information content (AvgIpc) is 2.48. The molecule has 2 N–H and O–H groups in total. The van der Waals surface area contributed by atoms with Gasteiger partial charge in [0.2, 0.25) is 5.91 Å². The molecule has 0 aliphatic carbocycles. The third-order valence-corrected chi connectivity index (χ3v) is 3.48. The highest BCUT2D eigenvalue weighted by molar-refractivity contribution is 6.33. The number of carbonyl (C=O) groups is 1. The molecule has 128 valence electrons. The van der Waals surface area contributed by atoms with E-state index in [0.29, 0.717) is 0 Å². The zero-order chi connectivity index (χ0) is 18.1. The molecule has 0 saturated heterocycles. The summed E-state index contributed by atoms with van der Waals surface area (Å²) in [6.07, 6.45) is -3.38. The molecule has 0 unspecified atom stereocenters. The first-order valence-electron chi connectivity index (χ1n) is 6.56. The molecule has 10 heteroatoms. The quantitative estimate of drug-likeness (QED) is 0.902. The topological polar surface area (TPSA) is 81.2 Å². The normalized spacial score (nSPS) is 11.4. The first-order valence-corrected chi connectivity index (χ1v) is 6.94. The number of carbonyl (C=O) groups excluding carboxylic acids is 1. The molecule has 1 aromatic heterocycles. The molecule has 0 saturated carbocycles. The molecule has 0 aliphatic rings. The Morgan fingerprint density at radius 3 is 2.67 bits per heavy atom. The van der Waals surface area contributed by atoms with Crippen LogP contribution < -0.4 is 16.2 Å². The molecule has 0 atom stereocenters. The third kappa shape index (κ3) is 3.67. The first-order chi connectivity index (χ1) is 11.1. The Bertz CT molecular complexity index is 835. The van der Waals surface area contributed by atoms with E-state index in [4.69, 9.17) is 17.3 Å². The number of rotatable bonds is 4. The Morgan fingerprint density at radius 2 is 2.08 bits per heavy atom. The Kier molecular flexibility index (Phi) is 4.83. The first kappa shape index (κ1) is 17.8. The minimum Gasteiger partial charge on any atom is -0.368 e. The van der Waals surface area contributed by atoms with E-state index >= 15 is 0 Å². The fourth-order valence-electron chi connectivity index (χ4n) is 2.01. The van der Waals surface area contributed by atoms with Crippen LogP contribution in [0.15, 0.2) is 35.3 Å². The molecule has 0 spiro atoms. The van der Waals surface area contributed by atoms with E-state index in [-0.39, 0.29) is 22.9 Å². The van der Waals surface area contributed by atoms with E-state index in [1.807, 2.05) is 0 Å². The van der Waals surface area contributed by atoms with Crippen molar-refractivity contribution < 1.29 is 18.0 Å². The van der Waals surface area contributed by atoms with Crippen LogP contribution in [0.2, 0.25) is 5.02 Å². The van der Waals surface area contributed by atoms with Gasteiger partial charge in [-0.15, -0.1) is 0 Å². The summed E-state index contributed by atoms with van der Waals surface area (Å²) in [7, 11) is 1.47. The summed E-state index contributed by atoms with van der Waals surface area (Å²) in [5.74, 6) is -0.643. The standard InChI is InChI=1S/C14H12ClF3N4O2/c1-21(7-11(19)23)10-6-20-22(13(24)12(10)15)9-4-2-3-8(5-9)14(16,17)18/h2-6H,7H2,1H3,(H2,19,23). The minimum absolute atomic E-state index is 0.0826. The Morgan fingerprint density at radius 1 is 1.42 bits per heavy atom. The smallest absolute Gasteiger partial charge is 0.368 e. The average molecular weight is 361 g/mol. The number of likely N-dealkylation sites (N-methyl/N-ethyl adjacent to an activating group) is 1. The SMILES string of the molecule is CN(CC(N)=O)c1cnn(-c2cccc(C(F)(F)F)c2)c(=O)c1Cl. The second kappa shape index (κ2) is 6.52. The second-order valence-corrected chi connectivity index (χ2v) is 5.31. The number of amides is 1. The van der Waals surface area contributed by atoms with Gasteiger partial charge in [-0.25, -0.2) is 0 Å². The third-order valence-electron chi connectivity index (χ3n) is 3.12. The van der Waals surface area contributed by atoms with Crippen LogP contribution in [0, 0.1) is 0 Å². The van der Waals surface area contributed by atoms with Gasteiger partial charge in [-0.05, 0) is 18.2 Å². The van der Waals surface area contributed by atoms with Crippen LogP contribution in [0.4, 0.5) is 18.9 Å². The Balaban J connectivity index is 2.49. The van der Waals surface area contributed by atoms with Gasteiger partial charge in [0.25, 0.3) is 5.56 Å². The molecule has 0 bridgehead atoms. The van der Waals surface area contributed by atoms with Gasteiger partial charge >= 0.3 is 6.18 Å². The fourth-order valence-corrected chi connectivity index (χ4v) is 2.28. The van der Waals surface area contributed by atoms with Crippen molar-refractivity contribution in [3.05, 3.63) is 51.4 Å². The summed E-state index contributed by atoms with van der Waals surface area (Å²) in [4.78, 5) is 24.5. The van der Waals surface area contributed by atoms with Crippen LogP contribution in [-0.2, 0) is 11.0 Å². The second-order valence-electron chi connectivity index (χ2n) is 4.93. The molecule has 2 rings (SSSR count). The predicted molar refractivity (Wildman–Crippen MR) is 82.3 cm³/mol. The minimum atomic E-state index is -4.55. The number of hydrogen-bond donors (Lipinski definition) is 1. The molecular formula is C14H12ClF3N4O2. The van der Waals surface area contributed by atoms with E-state index in [1.54, 1.807) is 0 Å². The van der Waals surface area contributed by atoms with Gasteiger partial charge in [0.05, 0.1) is 29.7 Å². The number of halogens is 4. The maximum absolute atomic E-state index is 12.8.